The highest BCUT2D eigenvalue weighted by atomic mass is 32.1. The predicted octanol–water partition coefficient (Wildman–Crippen LogP) is 4.46. The van der Waals surface area contributed by atoms with Gasteiger partial charge in [-0.25, -0.2) is 19.6 Å². The van der Waals surface area contributed by atoms with Crippen molar-refractivity contribution in [2.45, 2.75) is 26.2 Å². The zero-order valence-corrected chi connectivity index (χ0v) is 19.3. The topological polar surface area (TPSA) is 103 Å². The molecule has 4 aromatic rings. The molecule has 0 bridgehead atoms. The zero-order valence-electron chi connectivity index (χ0n) is 18.5. The molecule has 3 aromatic heterocycles. The van der Waals surface area contributed by atoms with Crippen LogP contribution in [-0.2, 0) is 19.5 Å². The van der Waals surface area contributed by atoms with Gasteiger partial charge in [-0.05, 0) is 12.1 Å². The number of nitrogens with zero attached hydrogens (tertiary/aromatic N) is 4. The lowest BCUT2D eigenvalue weighted by molar-refractivity contribution is 0.262. The van der Waals surface area contributed by atoms with E-state index in [4.69, 9.17) is 4.74 Å². The van der Waals surface area contributed by atoms with Gasteiger partial charge in [0, 0.05) is 48.9 Å². The lowest BCUT2D eigenvalue weighted by Gasteiger charge is -2.14. The van der Waals surface area contributed by atoms with Crippen LogP contribution in [0.2, 0.25) is 0 Å². The van der Waals surface area contributed by atoms with Crippen molar-refractivity contribution >= 4 is 39.4 Å². The number of fused-ring (bicyclic) bond motifs is 1. The van der Waals surface area contributed by atoms with Gasteiger partial charge in [0.25, 0.3) is 0 Å². The molecule has 166 valence electrons. The first-order valence-electron chi connectivity index (χ1n) is 9.96. The van der Waals surface area contributed by atoms with Crippen LogP contribution in [0.25, 0.3) is 11.2 Å². The number of aryl methyl sites for hydroxylation is 2. The molecule has 0 saturated carbocycles. The van der Waals surface area contributed by atoms with Crippen LogP contribution in [0, 0.1) is 0 Å². The number of pyridine rings is 1. The molecule has 2 N–H and O–H groups in total. The maximum Gasteiger partial charge on any atom is 0.329 e. The minimum atomic E-state index is -0.395. The Bertz CT molecular complexity index is 1360. The highest BCUT2D eigenvalue weighted by Crippen LogP contribution is 2.30. The van der Waals surface area contributed by atoms with Crippen LogP contribution in [0.1, 0.15) is 26.5 Å². The molecule has 0 unspecified atom stereocenters. The van der Waals surface area contributed by atoms with Crippen LogP contribution in [0.5, 0.6) is 11.5 Å². The van der Waals surface area contributed by atoms with Crippen molar-refractivity contribution in [2.75, 3.05) is 10.6 Å². The highest BCUT2D eigenvalue weighted by molar-refractivity contribution is 7.14. The number of imidazole rings is 1. The summed E-state index contributed by atoms with van der Waals surface area (Å²) in [6.45, 7) is 6.21. The van der Waals surface area contributed by atoms with E-state index in [1.807, 2.05) is 5.38 Å². The summed E-state index contributed by atoms with van der Waals surface area (Å²) in [4.78, 5) is 33.4. The molecule has 0 saturated heterocycles. The summed E-state index contributed by atoms with van der Waals surface area (Å²) < 4.78 is 8.99. The zero-order chi connectivity index (χ0) is 23.0. The van der Waals surface area contributed by atoms with Crippen molar-refractivity contribution in [1.82, 2.24) is 19.1 Å². The Balaban J connectivity index is 1.50. The van der Waals surface area contributed by atoms with Crippen LogP contribution in [0.3, 0.4) is 0 Å². The van der Waals surface area contributed by atoms with Crippen molar-refractivity contribution in [2.24, 2.45) is 14.1 Å². The van der Waals surface area contributed by atoms with Gasteiger partial charge in [0.15, 0.2) is 16.5 Å². The number of ether oxygens (including phenoxy) is 1. The third kappa shape index (κ3) is 4.22. The number of hydrogen-bond acceptors (Lipinski definition) is 6. The Kier molecular flexibility index (Phi) is 5.47. The van der Waals surface area contributed by atoms with Crippen molar-refractivity contribution in [3.05, 3.63) is 58.1 Å². The number of anilines is 2. The second-order valence-corrected chi connectivity index (χ2v) is 9.24. The Morgan fingerprint density at radius 2 is 1.91 bits per heavy atom. The first-order chi connectivity index (χ1) is 15.1. The quantitative estimate of drug-likeness (QED) is 0.476. The molecule has 1 aromatic carbocycles. The number of carbonyl (C=O) groups excluding carboxylic acids is 1. The third-order valence-electron chi connectivity index (χ3n) is 4.91. The second-order valence-electron chi connectivity index (χ2n) is 8.38. The molecule has 2 amide bonds. The van der Waals surface area contributed by atoms with Gasteiger partial charge in [0.2, 0.25) is 0 Å². The molecule has 0 radical (unpaired) electrons. The summed E-state index contributed by atoms with van der Waals surface area (Å²) in [5.41, 5.74) is 2.33. The molecule has 0 aliphatic carbocycles. The molecular formula is C22H24N6O3S. The van der Waals surface area contributed by atoms with Gasteiger partial charge in [-0.15, -0.1) is 11.3 Å². The minimum Gasteiger partial charge on any atom is -0.455 e. The molecule has 0 aliphatic heterocycles. The third-order valence-corrected chi connectivity index (χ3v) is 5.67. The molecular weight excluding hydrogens is 428 g/mol. The van der Waals surface area contributed by atoms with Gasteiger partial charge < -0.3 is 10.1 Å². The molecule has 3 heterocycles. The Morgan fingerprint density at radius 1 is 1.12 bits per heavy atom. The highest BCUT2D eigenvalue weighted by Gasteiger charge is 2.18. The Labute approximate surface area is 188 Å². The molecule has 10 heteroatoms. The number of thiazole rings is 1. The number of rotatable bonds is 4. The Morgan fingerprint density at radius 3 is 2.62 bits per heavy atom. The standard InChI is InChI=1S/C22H24N6O3S/c1-22(2,3)16-12-32-20(25-16)26-19(29)24-13-7-6-8-14(11-13)31-15-9-10-23-18-17(15)27(4)21(30)28(18)5/h6-12H,1-5H3,(H2,24,25,26,29). The summed E-state index contributed by atoms with van der Waals surface area (Å²) >= 11 is 1.38. The number of urea groups is 1. The van der Waals surface area contributed by atoms with Gasteiger partial charge in [0.05, 0.1) is 5.69 Å². The van der Waals surface area contributed by atoms with E-state index in [0.29, 0.717) is 33.5 Å². The van der Waals surface area contributed by atoms with Crippen molar-refractivity contribution < 1.29 is 9.53 Å². The van der Waals surface area contributed by atoms with E-state index >= 15 is 0 Å². The largest absolute Gasteiger partial charge is 0.455 e. The molecule has 0 spiro atoms. The SMILES string of the molecule is Cn1c(=O)n(C)c2c(Oc3cccc(NC(=O)Nc4nc(C(C)(C)C)cs4)c3)ccnc21. The monoisotopic (exact) mass is 452 g/mol. The van der Waals surface area contributed by atoms with Gasteiger partial charge >= 0.3 is 11.7 Å². The van der Waals surface area contributed by atoms with Gasteiger partial charge in [0.1, 0.15) is 11.3 Å². The Hall–Kier alpha value is -3.66. The van der Waals surface area contributed by atoms with Crippen LogP contribution < -0.4 is 21.1 Å². The summed E-state index contributed by atoms with van der Waals surface area (Å²) in [5, 5.41) is 8.02. The lowest BCUT2D eigenvalue weighted by Crippen LogP contribution is -2.19. The van der Waals surface area contributed by atoms with Crippen LogP contribution in [0.15, 0.2) is 46.7 Å². The number of carbonyl (C=O) groups is 1. The molecule has 0 aliphatic rings. The van der Waals surface area contributed by atoms with E-state index in [1.165, 1.54) is 20.5 Å². The van der Waals surface area contributed by atoms with Gasteiger partial charge in [-0.2, -0.15) is 0 Å². The molecule has 4 rings (SSSR count). The fourth-order valence-electron chi connectivity index (χ4n) is 3.18. The summed E-state index contributed by atoms with van der Waals surface area (Å²) in [6, 6.07) is 8.31. The second kappa shape index (κ2) is 8.12. The number of nitrogens with one attached hydrogen (secondary N) is 2. The van der Waals surface area contributed by atoms with E-state index in [1.54, 1.807) is 50.6 Å². The first kappa shape index (κ1) is 21.6. The average Bonchev–Trinajstić information content (AvgIpc) is 3.28. The van der Waals surface area contributed by atoms with Crippen molar-refractivity contribution in [3.63, 3.8) is 0 Å². The molecule has 9 nitrogen and oxygen atoms in total. The summed E-state index contributed by atoms with van der Waals surface area (Å²) in [6.07, 6.45) is 1.59. The summed E-state index contributed by atoms with van der Waals surface area (Å²) in [5.74, 6) is 1.00. The maximum atomic E-state index is 12.4. The van der Waals surface area contributed by atoms with E-state index in [2.05, 4.69) is 41.4 Å². The van der Waals surface area contributed by atoms with E-state index in [0.717, 1.165) is 5.69 Å². The predicted molar refractivity (Wildman–Crippen MR) is 126 cm³/mol. The van der Waals surface area contributed by atoms with E-state index < -0.39 is 6.03 Å². The molecule has 0 fully saturated rings. The van der Waals surface area contributed by atoms with Crippen molar-refractivity contribution in [3.8, 4) is 11.5 Å². The number of amides is 2. The van der Waals surface area contributed by atoms with Gasteiger partial charge in [-0.1, -0.05) is 26.8 Å². The van der Waals surface area contributed by atoms with Crippen LogP contribution in [0.4, 0.5) is 15.6 Å². The fourth-order valence-corrected chi connectivity index (χ4v) is 4.11. The normalized spacial score (nSPS) is 11.5. The number of aromatic nitrogens is 4. The summed E-state index contributed by atoms with van der Waals surface area (Å²) in [7, 11) is 3.34. The number of benzene rings is 1. The van der Waals surface area contributed by atoms with Crippen LogP contribution in [-0.4, -0.2) is 25.1 Å². The maximum absolute atomic E-state index is 12.4. The smallest absolute Gasteiger partial charge is 0.329 e. The van der Waals surface area contributed by atoms with Crippen LogP contribution >= 0.6 is 11.3 Å². The fraction of sp³-hybridized carbons (Fsp3) is 0.273. The molecule has 0 atom stereocenters. The minimum absolute atomic E-state index is 0.0841. The van der Waals surface area contributed by atoms with E-state index in [9.17, 15) is 9.59 Å². The van der Waals surface area contributed by atoms with Gasteiger partial charge in [-0.3, -0.25) is 14.5 Å². The number of hydrogen-bond donors (Lipinski definition) is 2. The van der Waals surface area contributed by atoms with Crippen molar-refractivity contribution in [1.29, 1.82) is 0 Å². The lowest BCUT2D eigenvalue weighted by atomic mass is 9.93. The van der Waals surface area contributed by atoms with E-state index in [-0.39, 0.29) is 11.1 Å². The molecule has 32 heavy (non-hydrogen) atoms. The average molecular weight is 453 g/mol. The first-order valence-corrected chi connectivity index (χ1v) is 10.8.